The largest absolute Gasteiger partial charge is 0.300 e. The quantitative estimate of drug-likeness (QED) is 0.648. The van der Waals surface area contributed by atoms with Crippen LogP contribution >= 0.6 is 23.1 Å². The van der Waals surface area contributed by atoms with Gasteiger partial charge in [0.15, 0.2) is 0 Å². The lowest BCUT2D eigenvalue weighted by Crippen LogP contribution is -2.14. The van der Waals surface area contributed by atoms with E-state index in [4.69, 9.17) is 0 Å². The number of hydrogen-bond donors (Lipinski definition) is 1. The number of anilines is 1. The molecule has 4 nitrogen and oxygen atoms in total. The summed E-state index contributed by atoms with van der Waals surface area (Å²) in [4.78, 5) is 12.0. The second-order valence-electron chi connectivity index (χ2n) is 5.11. The van der Waals surface area contributed by atoms with Crippen LogP contribution in [-0.2, 0) is 11.2 Å². The highest BCUT2D eigenvalue weighted by atomic mass is 32.2. The van der Waals surface area contributed by atoms with E-state index in [2.05, 4.69) is 27.6 Å². The number of aromatic nitrogens is 2. The number of hydrogen-bond acceptors (Lipinski definition) is 5. The van der Waals surface area contributed by atoms with Crippen LogP contribution in [0.4, 0.5) is 5.13 Å². The van der Waals surface area contributed by atoms with Crippen LogP contribution in [-0.4, -0.2) is 27.6 Å². The average molecular weight is 355 g/mol. The maximum Gasteiger partial charge on any atom is 0.236 e. The molecular weight excluding hydrogens is 338 g/mol. The number of benzene rings is 2. The Labute approximate surface area is 149 Å². The van der Waals surface area contributed by atoms with E-state index in [1.807, 2.05) is 48.5 Å². The number of amides is 1. The molecule has 0 radical (unpaired) electrons. The molecule has 0 aliphatic heterocycles. The van der Waals surface area contributed by atoms with Crippen LogP contribution in [0.2, 0.25) is 0 Å². The molecular formula is C18H17N3OS2. The first-order chi connectivity index (χ1) is 11.8. The van der Waals surface area contributed by atoms with Gasteiger partial charge in [-0.05, 0) is 17.7 Å². The summed E-state index contributed by atoms with van der Waals surface area (Å²) in [5.74, 6) is 1.31. The Morgan fingerprint density at radius 1 is 1.00 bits per heavy atom. The summed E-state index contributed by atoms with van der Waals surface area (Å²) in [7, 11) is 0. The molecule has 3 aromatic rings. The lowest BCUT2D eigenvalue weighted by Gasteiger charge is -2.02. The second kappa shape index (κ2) is 8.61. The van der Waals surface area contributed by atoms with Gasteiger partial charge >= 0.3 is 0 Å². The van der Waals surface area contributed by atoms with E-state index in [9.17, 15) is 4.79 Å². The molecule has 24 heavy (non-hydrogen) atoms. The average Bonchev–Trinajstić information content (AvgIpc) is 3.09. The second-order valence-corrected chi connectivity index (χ2v) is 7.20. The first-order valence-corrected chi connectivity index (χ1v) is 9.59. The fraction of sp³-hybridized carbons (Fsp3) is 0.167. The van der Waals surface area contributed by atoms with E-state index in [1.54, 1.807) is 11.8 Å². The number of thioether (sulfide) groups is 1. The molecule has 0 bridgehead atoms. The van der Waals surface area contributed by atoms with Crippen molar-refractivity contribution < 1.29 is 4.79 Å². The summed E-state index contributed by atoms with van der Waals surface area (Å²) in [6.45, 7) is 0. The minimum atomic E-state index is -0.0381. The fourth-order valence-corrected chi connectivity index (χ4v) is 3.67. The SMILES string of the molecule is O=C(CSCCc1ccccc1)Nc1nnc(-c2ccccc2)s1. The first kappa shape index (κ1) is 16.7. The summed E-state index contributed by atoms with van der Waals surface area (Å²) >= 11 is 3.01. The standard InChI is InChI=1S/C18H17N3OS2/c22-16(13-23-12-11-14-7-3-1-4-8-14)19-18-21-20-17(24-18)15-9-5-2-6-10-15/h1-10H,11-13H2,(H,19,21,22). The topological polar surface area (TPSA) is 54.9 Å². The molecule has 1 aromatic heterocycles. The molecule has 122 valence electrons. The molecule has 0 spiro atoms. The molecule has 0 aliphatic carbocycles. The molecule has 1 heterocycles. The van der Waals surface area contributed by atoms with Crippen LogP contribution in [0.25, 0.3) is 10.6 Å². The molecule has 0 aliphatic rings. The highest BCUT2D eigenvalue weighted by molar-refractivity contribution is 7.99. The van der Waals surface area contributed by atoms with Gasteiger partial charge < -0.3 is 0 Å². The Morgan fingerprint density at radius 2 is 1.71 bits per heavy atom. The number of nitrogens with one attached hydrogen (secondary N) is 1. The Bertz CT molecular complexity index is 775. The minimum absolute atomic E-state index is 0.0381. The molecule has 0 saturated carbocycles. The zero-order valence-corrected chi connectivity index (χ0v) is 14.6. The van der Waals surface area contributed by atoms with Crippen LogP contribution in [0.15, 0.2) is 60.7 Å². The van der Waals surface area contributed by atoms with E-state index >= 15 is 0 Å². The van der Waals surface area contributed by atoms with Crippen molar-refractivity contribution in [3.8, 4) is 10.6 Å². The maximum absolute atomic E-state index is 12.0. The van der Waals surface area contributed by atoms with Crippen molar-refractivity contribution in [3.05, 3.63) is 66.2 Å². The van der Waals surface area contributed by atoms with Crippen LogP contribution < -0.4 is 5.32 Å². The Hall–Kier alpha value is -2.18. The lowest BCUT2D eigenvalue weighted by atomic mass is 10.2. The Balaban J connectivity index is 1.43. The van der Waals surface area contributed by atoms with Crippen LogP contribution in [0.5, 0.6) is 0 Å². The zero-order valence-electron chi connectivity index (χ0n) is 13.0. The van der Waals surface area contributed by atoms with Crippen LogP contribution in [0.1, 0.15) is 5.56 Å². The third-order valence-corrected chi connectivity index (χ3v) is 5.15. The van der Waals surface area contributed by atoms with E-state index in [0.29, 0.717) is 10.9 Å². The molecule has 2 aromatic carbocycles. The van der Waals surface area contributed by atoms with Crippen molar-refractivity contribution in [2.45, 2.75) is 6.42 Å². The maximum atomic E-state index is 12.0. The summed E-state index contributed by atoms with van der Waals surface area (Å²) in [6.07, 6.45) is 0.968. The third kappa shape index (κ3) is 4.91. The van der Waals surface area contributed by atoms with E-state index < -0.39 is 0 Å². The van der Waals surface area contributed by atoms with Gasteiger partial charge in [0.2, 0.25) is 11.0 Å². The molecule has 1 N–H and O–H groups in total. The Morgan fingerprint density at radius 3 is 2.46 bits per heavy atom. The van der Waals surface area contributed by atoms with Gasteiger partial charge in [-0.2, -0.15) is 11.8 Å². The molecule has 1 amide bonds. The summed E-state index contributed by atoms with van der Waals surface area (Å²) < 4.78 is 0. The number of aryl methyl sites for hydroxylation is 1. The fourth-order valence-electron chi connectivity index (χ4n) is 2.13. The number of carbonyl (C=O) groups excluding carboxylic acids is 1. The molecule has 0 unspecified atom stereocenters. The molecule has 0 saturated heterocycles. The monoisotopic (exact) mass is 355 g/mol. The highest BCUT2D eigenvalue weighted by Crippen LogP contribution is 2.25. The molecule has 6 heteroatoms. The van der Waals surface area contributed by atoms with Gasteiger partial charge in [0.1, 0.15) is 5.01 Å². The molecule has 3 rings (SSSR count). The number of carbonyl (C=O) groups is 1. The molecule has 0 atom stereocenters. The summed E-state index contributed by atoms with van der Waals surface area (Å²) in [5, 5.41) is 12.3. The summed E-state index contributed by atoms with van der Waals surface area (Å²) in [6, 6.07) is 20.1. The van der Waals surface area contributed by atoms with Crippen molar-refractivity contribution >= 4 is 34.1 Å². The van der Waals surface area contributed by atoms with E-state index in [-0.39, 0.29) is 5.91 Å². The van der Waals surface area contributed by atoms with Gasteiger partial charge in [-0.25, -0.2) is 0 Å². The smallest absolute Gasteiger partial charge is 0.236 e. The predicted molar refractivity (Wildman–Crippen MR) is 101 cm³/mol. The van der Waals surface area contributed by atoms with Gasteiger partial charge in [0.05, 0.1) is 5.75 Å². The third-order valence-electron chi connectivity index (χ3n) is 3.30. The van der Waals surface area contributed by atoms with Gasteiger partial charge in [0.25, 0.3) is 0 Å². The van der Waals surface area contributed by atoms with Crippen molar-refractivity contribution in [1.29, 1.82) is 0 Å². The molecule has 0 fully saturated rings. The van der Waals surface area contributed by atoms with Crippen LogP contribution in [0, 0.1) is 0 Å². The number of rotatable bonds is 7. The zero-order chi connectivity index (χ0) is 16.6. The summed E-state index contributed by atoms with van der Waals surface area (Å²) in [5.41, 5.74) is 2.30. The van der Waals surface area contributed by atoms with Gasteiger partial charge in [-0.15, -0.1) is 10.2 Å². The highest BCUT2D eigenvalue weighted by Gasteiger charge is 2.09. The predicted octanol–water partition coefficient (Wildman–Crippen LogP) is 4.12. The van der Waals surface area contributed by atoms with E-state index in [1.165, 1.54) is 16.9 Å². The van der Waals surface area contributed by atoms with Crippen molar-refractivity contribution in [1.82, 2.24) is 10.2 Å². The Kier molecular flexibility index (Phi) is 5.98. The van der Waals surface area contributed by atoms with Gasteiger partial charge in [-0.1, -0.05) is 72.0 Å². The lowest BCUT2D eigenvalue weighted by molar-refractivity contribution is -0.113. The first-order valence-electron chi connectivity index (χ1n) is 7.62. The van der Waals surface area contributed by atoms with Gasteiger partial charge in [-0.3, -0.25) is 10.1 Å². The van der Waals surface area contributed by atoms with Crippen molar-refractivity contribution in [2.75, 3.05) is 16.8 Å². The van der Waals surface area contributed by atoms with Crippen LogP contribution in [0.3, 0.4) is 0 Å². The normalized spacial score (nSPS) is 10.5. The van der Waals surface area contributed by atoms with Crippen molar-refractivity contribution in [3.63, 3.8) is 0 Å². The number of nitrogens with zero attached hydrogens (tertiary/aromatic N) is 2. The van der Waals surface area contributed by atoms with Crippen molar-refractivity contribution in [2.24, 2.45) is 0 Å². The van der Waals surface area contributed by atoms with E-state index in [0.717, 1.165) is 22.7 Å². The minimum Gasteiger partial charge on any atom is -0.300 e. The van der Waals surface area contributed by atoms with Gasteiger partial charge in [0, 0.05) is 5.56 Å².